The molecule has 18 heteroatoms. The van der Waals surface area contributed by atoms with Crippen molar-refractivity contribution in [1.29, 1.82) is 0 Å². The van der Waals surface area contributed by atoms with Crippen LogP contribution in [-0.4, -0.2) is 83.3 Å². The summed E-state index contributed by atoms with van der Waals surface area (Å²) in [5.74, 6) is -0.125. The van der Waals surface area contributed by atoms with E-state index in [0.29, 0.717) is 39.0 Å². The summed E-state index contributed by atoms with van der Waals surface area (Å²) >= 11 is 3.68. The van der Waals surface area contributed by atoms with Crippen LogP contribution in [0.2, 0.25) is 0 Å². The molecule has 2 N–H and O–H groups in total. The first kappa shape index (κ1) is 42.9. The van der Waals surface area contributed by atoms with Crippen molar-refractivity contribution >= 4 is 64.8 Å². The van der Waals surface area contributed by atoms with Crippen molar-refractivity contribution < 1.29 is 57.2 Å². The number of benzene rings is 3. The Bertz CT molecular complexity index is 2180. The van der Waals surface area contributed by atoms with Gasteiger partial charge in [-0.2, -0.15) is 0 Å². The number of carbonyl (C=O) groups is 5. The van der Waals surface area contributed by atoms with Crippen LogP contribution in [0.5, 0.6) is 17.2 Å². The zero-order chi connectivity index (χ0) is 42.2. The molecule has 3 aromatic carbocycles. The van der Waals surface area contributed by atoms with Gasteiger partial charge in [-0.25, -0.2) is 24.0 Å². The van der Waals surface area contributed by atoms with E-state index in [0.717, 1.165) is 22.2 Å². The molecule has 0 spiro atoms. The highest BCUT2D eigenvalue weighted by molar-refractivity contribution is 8.04. The average molecular weight is 864 g/mol. The highest BCUT2D eigenvalue weighted by atomic mass is 32.2. The number of nitrogens with zero attached hydrogens (tertiary/aromatic N) is 2. The predicted molar refractivity (Wildman–Crippen MR) is 221 cm³/mol. The van der Waals surface area contributed by atoms with Gasteiger partial charge in [0.1, 0.15) is 23.9 Å². The number of nitrogens with one attached hydrogen (secondary N) is 2. The van der Waals surface area contributed by atoms with Gasteiger partial charge in [0, 0.05) is 22.7 Å². The van der Waals surface area contributed by atoms with E-state index in [-0.39, 0.29) is 37.6 Å². The van der Waals surface area contributed by atoms with Crippen LogP contribution < -0.4 is 24.8 Å². The highest BCUT2D eigenvalue weighted by Gasteiger charge is 2.83. The van der Waals surface area contributed by atoms with E-state index in [1.165, 1.54) is 37.3 Å². The molecular weight excluding hydrogens is 821 g/mol. The third-order valence-electron chi connectivity index (χ3n) is 9.48. The molecule has 0 bridgehead atoms. The molecule has 2 unspecified atom stereocenters. The van der Waals surface area contributed by atoms with Crippen LogP contribution in [0.4, 0.5) is 9.59 Å². The van der Waals surface area contributed by atoms with Gasteiger partial charge < -0.3 is 34.4 Å². The lowest BCUT2D eigenvalue weighted by Gasteiger charge is -2.56. The first-order chi connectivity index (χ1) is 28.5. The molecule has 59 heavy (non-hydrogen) atoms. The lowest BCUT2D eigenvalue weighted by Crippen LogP contribution is -2.87. The van der Waals surface area contributed by atoms with E-state index in [4.69, 9.17) is 28.6 Å². The molecule has 1 saturated heterocycles. The molecule has 310 valence electrons. The van der Waals surface area contributed by atoms with Gasteiger partial charge in [0.2, 0.25) is 11.3 Å². The number of amides is 4. The fourth-order valence-corrected chi connectivity index (χ4v) is 9.92. The fraction of sp³-hybridized carbons (Fsp3) is 0.293. The van der Waals surface area contributed by atoms with Crippen LogP contribution in [0.3, 0.4) is 0 Å². The third kappa shape index (κ3) is 9.30. The van der Waals surface area contributed by atoms with E-state index < -0.39 is 44.9 Å². The largest absolute Gasteiger partial charge is 0.498 e. The maximum Gasteiger partial charge on any atom is 0.498 e. The maximum absolute atomic E-state index is 15.0. The molecule has 2 aliphatic rings. The number of fused-ring (bicyclic) bond motifs is 1. The fourth-order valence-electron chi connectivity index (χ4n) is 6.46. The van der Waals surface area contributed by atoms with Crippen LogP contribution in [0, 0.1) is 0 Å². The SMILES string of the molecule is COc1ccc(CNC(=O)ON(Cc2ccc(OC)cc2)C(=O)O[N+]23C(=O)C(NC(=O)Cc4cccs4)(SC)[C@@H]2SCC(C)=C3C(=O)OCc2ccc(OC)cc2)cc1. The summed E-state index contributed by atoms with van der Waals surface area (Å²) in [7, 11) is 4.59. The second-order valence-electron chi connectivity index (χ2n) is 13.2. The minimum Gasteiger partial charge on any atom is -0.497 e. The van der Waals surface area contributed by atoms with Gasteiger partial charge >= 0.3 is 24.1 Å². The summed E-state index contributed by atoms with van der Waals surface area (Å²) in [4.78, 5) is 81.4. The molecule has 3 atom stereocenters. The first-order valence-corrected chi connectivity index (χ1v) is 21.3. The molecule has 6 rings (SSSR count). The predicted octanol–water partition coefficient (Wildman–Crippen LogP) is 6.33. The van der Waals surface area contributed by atoms with Crippen molar-refractivity contribution in [3.05, 3.63) is 123 Å². The summed E-state index contributed by atoms with van der Waals surface area (Å²) in [5.41, 5.74) is 2.04. The van der Waals surface area contributed by atoms with E-state index in [2.05, 4.69) is 10.6 Å². The number of ether oxygens (including phenoxy) is 4. The number of hydrogen-bond acceptors (Lipinski definition) is 14. The van der Waals surface area contributed by atoms with Gasteiger partial charge in [-0.15, -0.1) is 28.2 Å². The monoisotopic (exact) mass is 863 g/mol. The van der Waals surface area contributed by atoms with E-state index >= 15 is 0 Å². The molecule has 1 aromatic heterocycles. The van der Waals surface area contributed by atoms with E-state index in [9.17, 15) is 24.0 Å². The molecule has 2 aliphatic heterocycles. The smallest absolute Gasteiger partial charge is 0.497 e. The lowest BCUT2D eigenvalue weighted by atomic mass is 10.00. The molecule has 3 heterocycles. The summed E-state index contributed by atoms with van der Waals surface area (Å²) in [6.07, 6.45) is -0.617. The minimum absolute atomic E-state index is 0.00513. The van der Waals surface area contributed by atoms with E-state index in [1.54, 1.807) is 93.1 Å². The molecule has 4 aromatic rings. The minimum atomic E-state index is -1.63. The number of quaternary nitrogens is 1. The number of rotatable bonds is 15. The Balaban J connectivity index is 1.32. The maximum atomic E-state index is 15.0. The van der Waals surface area contributed by atoms with Gasteiger partial charge in [-0.05, 0) is 82.4 Å². The Labute approximate surface area is 353 Å². The number of thioether (sulfide) groups is 2. The van der Waals surface area contributed by atoms with Gasteiger partial charge in [-0.1, -0.05) is 54.2 Å². The zero-order valence-electron chi connectivity index (χ0n) is 32.9. The quantitative estimate of drug-likeness (QED) is 0.0448. The van der Waals surface area contributed by atoms with Crippen molar-refractivity contribution in [1.82, 2.24) is 15.7 Å². The first-order valence-electron chi connectivity index (χ1n) is 18.1. The number of hydroxylamine groups is 5. The molecule has 0 radical (unpaired) electrons. The Morgan fingerprint density at radius 1 is 0.864 bits per heavy atom. The van der Waals surface area contributed by atoms with Crippen molar-refractivity contribution in [3.63, 3.8) is 0 Å². The van der Waals surface area contributed by atoms with Gasteiger partial charge in [-0.3, -0.25) is 4.79 Å². The van der Waals surface area contributed by atoms with Crippen molar-refractivity contribution in [2.75, 3.05) is 33.3 Å². The number of hydrogen-bond donors (Lipinski definition) is 2. The molecule has 0 saturated carbocycles. The van der Waals surface area contributed by atoms with Crippen LogP contribution >= 0.6 is 34.9 Å². The Hall–Kier alpha value is -5.69. The van der Waals surface area contributed by atoms with Crippen molar-refractivity contribution in [3.8, 4) is 17.2 Å². The molecule has 0 aliphatic carbocycles. The van der Waals surface area contributed by atoms with Gasteiger partial charge in [0.15, 0.2) is 0 Å². The second kappa shape index (κ2) is 18.9. The Morgan fingerprint density at radius 2 is 1.46 bits per heavy atom. The normalized spacial score (nSPS) is 19.3. The average Bonchev–Trinajstić information content (AvgIpc) is 3.77. The zero-order valence-corrected chi connectivity index (χ0v) is 35.3. The van der Waals surface area contributed by atoms with Crippen molar-refractivity contribution in [2.24, 2.45) is 0 Å². The third-order valence-corrected chi connectivity index (χ3v) is 13.2. The standard InChI is InChI=1S/C41H42N4O11S3/c1-26-25-59-38-41(57-5,43-34(46)21-33-7-6-20-58-33)37(48)45(38,35(26)36(47)54-24-29-12-18-32(53-4)19-13-29)56-40(50)44(23-28-10-16-31(52-3)17-11-28)55-39(49)42-22-27-8-14-30(51-2)15-9-27/h6-20,38H,21-25H2,1-5H3,(H-,42,43,46,49)/p+1/t38-,41?,45?/m0/s1. The van der Waals surface area contributed by atoms with E-state index in [1.807, 2.05) is 17.5 Å². The van der Waals surface area contributed by atoms with Crippen LogP contribution in [0.15, 0.2) is 102 Å². The van der Waals surface area contributed by atoms with Crippen molar-refractivity contribution in [2.45, 2.75) is 43.3 Å². The number of methoxy groups -OCH3 is 3. The number of thiophene rings is 1. The molecule has 4 amide bonds. The number of carbonyl (C=O) groups excluding carboxylic acids is 5. The number of esters is 1. The van der Waals surface area contributed by atoms with Crippen LogP contribution in [-0.2, 0) is 54.9 Å². The summed E-state index contributed by atoms with van der Waals surface area (Å²) < 4.78 is 20.2. The highest BCUT2D eigenvalue weighted by Crippen LogP contribution is 2.57. The lowest BCUT2D eigenvalue weighted by molar-refractivity contribution is -1.03. The van der Waals surface area contributed by atoms with Gasteiger partial charge in [0.05, 0.1) is 34.3 Å². The topological polar surface area (TPSA) is 168 Å². The van der Waals surface area contributed by atoms with Crippen LogP contribution in [0.1, 0.15) is 28.5 Å². The van der Waals surface area contributed by atoms with Gasteiger partial charge in [0.25, 0.3) is 10.6 Å². The number of β-lactam (4-membered cyclic amide) rings is 1. The summed E-state index contributed by atoms with van der Waals surface area (Å²) in [6.45, 7) is 1.18. The Kier molecular flexibility index (Phi) is 13.8. The molecule has 15 nitrogen and oxygen atoms in total. The Morgan fingerprint density at radius 3 is 2.02 bits per heavy atom. The second-order valence-corrected chi connectivity index (χ2v) is 16.4. The summed E-state index contributed by atoms with van der Waals surface area (Å²) in [6, 6.07) is 24.1. The molecular formula is C41H43N4O11S3+. The molecule has 1 fully saturated rings. The van der Waals surface area contributed by atoms with Crippen LogP contribution in [0.25, 0.3) is 0 Å². The summed E-state index contributed by atoms with van der Waals surface area (Å²) in [5, 5.41) is 6.96.